The predicted octanol–water partition coefficient (Wildman–Crippen LogP) is 16.4. The van der Waals surface area contributed by atoms with Gasteiger partial charge in [-0.15, -0.1) is 0 Å². The van der Waals surface area contributed by atoms with Crippen molar-refractivity contribution in [2.45, 2.75) is 207 Å². The van der Waals surface area contributed by atoms with Crippen LogP contribution in [0.3, 0.4) is 0 Å². The number of allylic oxidation sites excluding steroid dienone is 17. The third kappa shape index (κ3) is 47.2. The van der Waals surface area contributed by atoms with Gasteiger partial charge in [0.1, 0.15) is 6.61 Å². The minimum Gasteiger partial charge on any atom is -0.462 e. The first-order valence-corrected chi connectivity index (χ1v) is 24.4. The van der Waals surface area contributed by atoms with Crippen LogP contribution >= 0.6 is 0 Å². The Morgan fingerprint density at radius 1 is 0.383 bits per heavy atom. The van der Waals surface area contributed by atoms with Crippen LogP contribution in [0.5, 0.6) is 0 Å². The maximum absolute atomic E-state index is 12.7. The molecule has 0 fully saturated rings. The average Bonchev–Trinajstić information content (AvgIpc) is 3.25. The predicted molar refractivity (Wildman–Crippen MR) is 260 cm³/mol. The Morgan fingerprint density at radius 2 is 0.750 bits per heavy atom. The number of hydrogen-bond donors (Lipinski definition) is 0. The number of carbonyl (C=O) groups excluding carboxylic acids is 2. The summed E-state index contributed by atoms with van der Waals surface area (Å²) in [6.45, 7) is 7.35. The standard InChI is InChI=1S/C55H90O5/c1-4-7-10-13-16-19-21-23-25-27-28-29-30-32-34-37-39-42-45-48-54(56)59-52-53(60-55(57)49-46-43-40-36-18-15-12-9-6-3)51-58-50-47-44-41-38-35-33-31-26-24-22-20-17-14-11-8-5-2/h7-8,10-11,16-17,19-20,23-26,28-29,33,35,41,44,53H,4-6,9,12-15,18,21-22,27,30-32,34,36-40,42-43,45-52H2,1-3H3/b10-7-,11-8-,19-16-,20-17-,25-23-,26-24-,29-28-,35-33-,44-41-. The zero-order chi connectivity index (χ0) is 43.5. The second-order valence-corrected chi connectivity index (χ2v) is 15.6. The SMILES string of the molecule is CC/C=C\C/C=C\C/C=C\C/C=C\C/C=C\CCOCC(COC(=O)CCCCCCCC/C=C\C/C=C\C/C=C\C/C=C\CC)OC(=O)CCCCCCCCCCC. The van der Waals surface area contributed by atoms with E-state index >= 15 is 0 Å². The van der Waals surface area contributed by atoms with E-state index in [9.17, 15) is 9.59 Å². The monoisotopic (exact) mass is 831 g/mol. The molecule has 0 spiro atoms. The first-order valence-electron chi connectivity index (χ1n) is 24.4. The third-order valence-corrected chi connectivity index (χ3v) is 9.82. The number of unbranched alkanes of at least 4 members (excludes halogenated alkanes) is 14. The maximum atomic E-state index is 12.7. The highest BCUT2D eigenvalue weighted by molar-refractivity contribution is 5.70. The van der Waals surface area contributed by atoms with Crippen LogP contribution in [0.2, 0.25) is 0 Å². The van der Waals surface area contributed by atoms with Gasteiger partial charge in [-0.05, 0) is 89.9 Å². The summed E-state index contributed by atoms with van der Waals surface area (Å²) in [4.78, 5) is 25.3. The minimum atomic E-state index is -0.585. The lowest BCUT2D eigenvalue weighted by Gasteiger charge is -2.18. The van der Waals surface area contributed by atoms with Gasteiger partial charge in [-0.25, -0.2) is 0 Å². The summed E-state index contributed by atoms with van der Waals surface area (Å²) in [5.41, 5.74) is 0. The molecule has 5 nitrogen and oxygen atoms in total. The molecule has 0 radical (unpaired) electrons. The molecule has 5 heteroatoms. The molecule has 0 amide bonds. The molecular formula is C55H90O5. The van der Waals surface area contributed by atoms with Crippen molar-refractivity contribution in [1.82, 2.24) is 0 Å². The van der Waals surface area contributed by atoms with Gasteiger partial charge in [0.05, 0.1) is 13.2 Å². The van der Waals surface area contributed by atoms with Gasteiger partial charge < -0.3 is 14.2 Å². The van der Waals surface area contributed by atoms with Gasteiger partial charge in [0.25, 0.3) is 0 Å². The highest BCUT2D eigenvalue weighted by atomic mass is 16.6. The van der Waals surface area contributed by atoms with Crippen LogP contribution in [-0.4, -0.2) is 37.9 Å². The van der Waals surface area contributed by atoms with E-state index in [0.717, 1.165) is 109 Å². The van der Waals surface area contributed by atoms with Crippen molar-refractivity contribution >= 4 is 11.9 Å². The summed E-state index contributed by atoms with van der Waals surface area (Å²) in [5.74, 6) is -0.462. The molecule has 0 rings (SSSR count). The van der Waals surface area contributed by atoms with Gasteiger partial charge in [-0.2, -0.15) is 0 Å². The number of esters is 2. The molecule has 0 aromatic carbocycles. The minimum absolute atomic E-state index is 0.0430. The van der Waals surface area contributed by atoms with Gasteiger partial charge in [-0.1, -0.05) is 207 Å². The van der Waals surface area contributed by atoms with E-state index in [1.807, 2.05) is 0 Å². The quantitative estimate of drug-likeness (QED) is 0.0348. The van der Waals surface area contributed by atoms with Crippen molar-refractivity contribution < 1.29 is 23.8 Å². The highest BCUT2D eigenvalue weighted by Gasteiger charge is 2.17. The normalized spacial score (nSPS) is 13.2. The molecule has 340 valence electrons. The second kappa shape index (κ2) is 49.9. The van der Waals surface area contributed by atoms with Crippen LogP contribution in [-0.2, 0) is 23.8 Å². The molecular weight excluding hydrogens is 741 g/mol. The molecule has 0 aliphatic heterocycles. The molecule has 0 N–H and O–H groups in total. The summed E-state index contributed by atoms with van der Waals surface area (Å²) in [5, 5.41) is 0. The van der Waals surface area contributed by atoms with Crippen LogP contribution in [0.1, 0.15) is 201 Å². The highest BCUT2D eigenvalue weighted by Crippen LogP contribution is 2.13. The van der Waals surface area contributed by atoms with Crippen LogP contribution in [0, 0.1) is 0 Å². The lowest BCUT2D eigenvalue weighted by atomic mass is 10.1. The Balaban J connectivity index is 4.34. The first kappa shape index (κ1) is 56.6. The summed E-state index contributed by atoms with van der Waals surface area (Å²) >= 11 is 0. The molecule has 0 saturated carbocycles. The van der Waals surface area contributed by atoms with Crippen molar-refractivity contribution in [2.24, 2.45) is 0 Å². The fraction of sp³-hybridized carbons (Fsp3) is 0.636. The molecule has 0 bridgehead atoms. The van der Waals surface area contributed by atoms with Crippen LogP contribution < -0.4 is 0 Å². The zero-order valence-electron chi connectivity index (χ0n) is 38.9. The van der Waals surface area contributed by atoms with E-state index in [1.54, 1.807) is 0 Å². The Kier molecular flexibility index (Phi) is 47.1. The molecule has 1 atom stereocenters. The lowest BCUT2D eigenvalue weighted by Crippen LogP contribution is -2.30. The molecule has 0 aliphatic carbocycles. The van der Waals surface area contributed by atoms with Crippen LogP contribution in [0.15, 0.2) is 109 Å². The largest absolute Gasteiger partial charge is 0.462 e. The number of carbonyl (C=O) groups is 2. The zero-order valence-corrected chi connectivity index (χ0v) is 38.9. The average molecular weight is 831 g/mol. The summed E-state index contributed by atoms with van der Waals surface area (Å²) in [7, 11) is 0. The molecule has 0 heterocycles. The van der Waals surface area contributed by atoms with Crippen molar-refractivity contribution in [3.05, 3.63) is 109 Å². The Bertz CT molecular complexity index is 1210. The molecule has 0 saturated heterocycles. The number of rotatable bonds is 43. The van der Waals surface area contributed by atoms with E-state index in [4.69, 9.17) is 14.2 Å². The van der Waals surface area contributed by atoms with E-state index in [1.165, 1.54) is 57.8 Å². The van der Waals surface area contributed by atoms with Crippen LogP contribution in [0.4, 0.5) is 0 Å². The fourth-order valence-electron chi connectivity index (χ4n) is 6.27. The molecule has 1 unspecified atom stereocenters. The van der Waals surface area contributed by atoms with Crippen molar-refractivity contribution in [3.63, 3.8) is 0 Å². The van der Waals surface area contributed by atoms with Gasteiger partial charge in [0.15, 0.2) is 6.10 Å². The molecule has 60 heavy (non-hydrogen) atoms. The van der Waals surface area contributed by atoms with E-state index in [0.29, 0.717) is 19.4 Å². The van der Waals surface area contributed by atoms with Crippen LogP contribution in [0.25, 0.3) is 0 Å². The maximum Gasteiger partial charge on any atom is 0.306 e. The second-order valence-electron chi connectivity index (χ2n) is 15.6. The third-order valence-electron chi connectivity index (χ3n) is 9.82. The van der Waals surface area contributed by atoms with E-state index in [2.05, 4.69) is 130 Å². The smallest absolute Gasteiger partial charge is 0.306 e. The van der Waals surface area contributed by atoms with E-state index < -0.39 is 6.10 Å². The molecule has 0 aromatic heterocycles. The topological polar surface area (TPSA) is 61.8 Å². The van der Waals surface area contributed by atoms with Gasteiger partial charge in [0, 0.05) is 12.8 Å². The number of hydrogen-bond acceptors (Lipinski definition) is 5. The Labute approximate surface area is 370 Å². The van der Waals surface area contributed by atoms with E-state index in [-0.39, 0.29) is 25.2 Å². The Morgan fingerprint density at radius 3 is 1.20 bits per heavy atom. The summed E-state index contributed by atoms with van der Waals surface area (Å²) in [6.07, 6.45) is 68.3. The van der Waals surface area contributed by atoms with Crippen molar-refractivity contribution in [2.75, 3.05) is 19.8 Å². The van der Waals surface area contributed by atoms with Crippen molar-refractivity contribution in [3.8, 4) is 0 Å². The van der Waals surface area contributed by atoms with Crippen molar-refractivity contribution in [1.29, 1.82) is 0 Å². The van der Waals surface area contributed by atoms with Gasteiger partial charge in [-0.3, -0.25) is 9.59 Å². The summed E-state index contributed by atoms with van der Waals surface area (Å²) < 4.78 is 17.2. The van der Waals surface area contributed by atoms with Gasteiger partial charge >= 0.3 is 11.9 Å². The molecule has 0 aromatic rings. The first-order chi connectivity index (χ1) is 29.6. The van der Waals surface area contributed by atoms with Gasteiger partial charge in [0.2, 0.25) is 0 Å². The Hall–Kier alpha value is -3.44. The fourth-order valence-corrected chi connectivity index (χ4v) is 6.27. The number of ether oxygens (including phenoxy) is 3. The lowest BCUT2D eigenvalue weighted by molar-refractivity contribution is -0.162. The summed E-state index contributed by atoms with van der Waals surface area (Å²) in [6, 6.07) is 0. The molecule has 0 aliphatic rings.